The third kappa shape index (κ3) is 27.7. The molecule has 0 saturated carbocycles. The molecule has 1 aromatic heterocycles. The van der Waals surface area contributed by atoms with Crippen LogP contribution in [0.5, 0.6) is 5.75 Å². The van der Waals surface area contributed by atoms with Crippen LogP contribution in [0.1, 0.15) is 71.1 Å². The summed E-state index contributed by atoms with van der Waals surface area (Å²) in [6.07, 6.45) is 4.18. The number of H-pyrrole nitrogens is 1. The Labute approximate surface area is 385 Å². The molecule has 20 heteroatoms. The molecule has 7 atom stereocenters. The van der Waals surface area contributed by atoms with Crippen LogP contribution in [0.3, 0.4) is 0 Å². The van der Waals surface area contributed by atoms with Crippen molar-refractivity contribution in [1.29, 1.82) is 0 Å². The van der Waals surface area contributed by atoms with E-state index in [9.17, 15) is 28.8 Å². The lowest BCUT2D eigenvalue weighted by molar-refractivity contribution is -0.140. The Bertz CT molecular complexity index is 2030. The quantitative estimate of drug-likeness (QED) is 0.0723. The second-order valence-corrected chi connectivity index (χ2v) is 15.9. The van der Waals surface area contributed by atoms with Crippen molar-refractivity contribution in [3.8, 4) is 5.75 Å². The summed E-state index contributed by atoms with van der Waals surface area (Å²) in [4.78, 5) is 64.8. The van der Waals surface area contributed by atoms with Gasteiger partial charge in [0.05, 0.1) is 0 Å². The van der Waals surface area contributed by atoms with Crippen molar-refractivity contribution in [2.45, 2.75) is 110 Å². The van der Waals surface area contributed by atoms with E-state index in [2.05, 4.69) is 4.98 Å². The highest BCUT2D eigenvalue weighted by Gasteiger charge is 2.18. The number of rotatable bonds is 17. The van der Waals surface area contributed by atoms with Gasteiger partial charge in [-0.05, 0) is 71.9 Å². The van der Waals surface area contributed by atoms with Crippen LogP contribution in [0.4, 0.5) is 0 Å². The Morgan fingerprint density at radius 3 is 1.27 bits per heavy atom. The van der Waals surface area contributed by atoms with Gasteiger partial charge in [-0.3, -0.25) is 28.8 Å². The van der Waals surface area contributed by atoms with E-state index >= 15 is 0 Å². The topological polar surface area (TPSA) is 416 Å². The van der Waals surface area contributed by atoms with Crippen molar-refractivity contribution in [2.75, 3.05) is 0 Å². The van der Waals surface area contributed by atoms with E-state index in [0.29, 0.717) is 25.2 Å². The third-order valence-corrected chi connectivity index (χ3v) is 9.34. The van der Waals surface area contributed by atoms with Gasteiger partial charge >= 0.3 is 35.8 Å². The normalized spacial score (nSPS) is 13.5. The zero-order chi connectivity index (χ0) is 51.3. The summed E-state index contributed by atoms with van der Waals surface area (Å²) in [7, 11) is 0. The number of aliphatic carboxylic acids is 6. The lowest BCUT2D eigenvalue weighted by atomic mass is 10.0. The predicted molar refractivity (Wildman–Crippen MR) is 251 cm³/mol. The molecule has 3 aromatic carbocycles. The van der Waals surface area contributed by atoms with Crippen LogP contribution in [0.25, 0.3) is 10.9 Å². The lowest BCUT2D eigenvalue weighted by Crippen LogP contribution is -2.36. The minimum absolute atomic E-state index is 0.0208. The average Bonchev–Trinajstić information content (AvgIpc) is 3.66. The van der Waals surface area contributed by atoms with Crippen LogP contribution in [-0.2, 0) is 48.0 Å². The molecule has 7 unspecified atom stereocenters. The number of aromatic amines is 1. The molecule has 0 fully saturated rings. The summed E-state index contributed by atoms with van der Waals surface area (Å²) in [6, 6.07) is 18.8. The number of fused-ring (bicyclic) bond motifs is 1. The van der Waals surface area contributed by atoms with Crippen molar-refractivity contribution in [2.24, 2.45) is 52.2 Å². The summed E-state index contributed by atoms with van der Waals surface area (Å²) in [5.41, 5.74) is 35.5. The van der Waals surface area contributed by atoms with Crippen molar-refractivity contribution in [3.63, 3.8) is 0 Å². The fourth-order valence-electron chi connectivity index (χ4n) is 4.94. The standard InChI is InChI=1S/C11H12N2O2.C9H11NO3.C9H11NO2.2C6H13NO2.C5H11NO2/c12-9(11(14)15)5-7-6-13-10-4-2-1-3-8(7)10;10-8(9(12)13)5-6-1-3-7(11)4-2-6;10-8(9(11)12)6-7-4-2-1-3-5-7;1-4(2)3-5(7)6(8)9;1-3-4(2)5(7)6(8)9;1-3(2)4(6)5(7)8/h1-4,6,9,13H,5,12H2,(H,14,15);1-4,8,11H,5,10H2,(H,12,13);1-5,8H,6,10H2,(H,11,12);2*4-5H,3,7H2,1-2H3,(H,8,9);3-4H,6H2,1-2H3,(H,7,8). The first-order chi connectivity index (χ1) is 30.7. The SMILES string of the molecule is CC(C)C(N)C(=O)O.CC(C)CC(N)C(=O)O.CCC(C)C(N)C(=O)O.NC(Cc1c[nH]c2ccccc12)C(=O)O.NC(Cc1ccc(O)cc1)C(=O)O.NC(Cc1ccccc1)C(=O)O. The maximum Gasteiger partial charge on any atom is 0.320 e. The molecule has 0 spiro atoms. The van der Waals surface area contributed by atoms with E-state index in [4.69, 9.17) is 70.1 Å². The number of para-hydroxylation sites is 1. The summed E-state index contributed by atoms with van der Waals surface area (Å²) < 4.78 is 0. The van der Waals surface area contributed by atoms with Crippen LogP contribution in [0.2, 0.25) is 0 Å². The highest BCUT2D eigenvalue weighted by Crippen LogP contribution is 2.18. The third-order valence-electron chi connectivity index (χ3n) is 9.34. The second kappa shape index (κ2) is 33.1. The van der Waals surface area contributed by atoms with Crippen LogP contribution in [0.15, 0.2) is 85.1 Å². The fourth-order valence-corrected chi connectivity index (χ4v) is 4.94. The van der Waals surface area contributed by atoms with Gasteiger partial charge in [-0.15, -0.1) is 0 Å². The summed E-state index contributed by atoms with van der Waals surface area (Å²) in [6.45, 7) is 11.2. The van der Waals surface area contributed by atoms with Crippen LogP contribution in [-0.4, -0.2) is 113 Å². The highest BCUT2D eigenvalue weighted by molar-refractivity contribution is 5.84. The van der Waals surface area contributed by atoms with Gasteiger partial charge in [0.15, 0.2) is 0 Å². The van der Waals surface area contributed by atoms with Crippen molar-refractivity contribution < 1.29 is 64.5 Å². The van der Waals surface area contributed by atoms with Gasteiger partial charge in [0.2, 0.25) is 0 Å². The molecule has 66 heavy (non-hydrogen) atoms. The first kappa shape index (κ1) is 61.7. The molecule has 0 saturated heterocycles. The van der Waals surface area contributed by atoms with Crippen molar-refractivity contribution in [1.82, 2.24) is 4.98 Å². The van der Waals surface area contributed by atoms with Crippen LogP contribution < -0.4 is 34.4 Å². The second-order valence-electron chi connectivity index (χ2n) is 15.9. The van der Waals surface area contributed by atoms with Crippen LogP contribution >= 0.6 is 0 Å². The number of aromatic hydroxyl groups is 1. The molecular formula is C46H71N7O13. The number of nitrogens with two attached hydrogens (primary N) is 6. The number of hydrogen-bond acceptors (Lipinski definition) is 13. The molecule has 0 aliphatic carbocycles. The number of nitrogens with one attached hydrogen (secondary N) is 1. The minimum Gasteiger partial charge on any atom is -0.508 e. The van der Waals surface area contributed by atoms with E-state index < -0.39 is 72.1 Å². The molecule has 0 radical (unpaired) electrons. The average molecular weight is 930 g/mol. The molecule has 20 nitrogen and oxygen atoms in total. The van der Waals surface area contributed by atoms with E-state index in [-0.39, 0.29) is 24.0 Å². The van der Waals surface area contributed by atoms with Gasteiger partial charge in [0.25, 0.3) is 0 Å². The van der Waals surface area contributed by atoms with Crippen molar-refractivity contribution >= 4 is 46.7 Å². The highest BCUT2D eigenvalue weighted by atomic mass is 16.4. The number of carboxylic acids is 6. The Balaban J connectivity index is 0. The van der Waals surface area contributed by atoms with Gasteiger partial charge in [-0.25, -0.2) is 0 Å². The Morgan fingerprint density at radius 1 is 0.515 bits per heavy atom. The number of phenols is 1. The Hall–Kier alpha value is -6.42. The van der Waals surface area contributed by atoms with E-state index in [0.717, 1.165) is 34.0 Å². The lowest BCUT2D eigenvalue weighted by Gasteiger charge is -2.11. The largest absolute Gasteiger partial charge is 0.508 e. The summed E-state index contributed by atoms with van der Waals surface area (Å²) in [5, 5.41) is 60.6. The number of carbonyl (C=O) groups is 6. The molecular weight excluding hydrogens is 859 g/mol. The van der Waals surface area contributed by atoms with Gasteiger partial charge in [0.1, 0.15) is 42.0 Å². The molecule has 368 valence electrons. The molecule has 0 amide bonds. The maximum atomic E-state index is 10.6. The molecule has 0 bridgehead atoms. The monoisotopic (exact) mass is 930 g/mol. The minimum atomic E-state index is -1.02. The van der Waals surface area contributed by atoms with Gasteiger partial charge in [-0.1, -0.05) is 109 Å². The molecule has 1 heterocycles. The van der Waals surface area contributed by atoms with Crippen molar-refractivity contribution in [3.05, 3.63) is 102 Å². The number of hydrogen-bond donors (Lipinski definition) is 14. The predicted octanol–water partition coefficient (Wildman–Crippen LogP) is 3.05. The van der Waals surface area contributed by atoms with E-state index in [1.165, 1.54) is 12.1 Å². The number of phenolic OH excluding ortho intramolecular Hbond substituents is 1. The molecule has 4 rings (SSSR count). The number of benzene rings is 3. The zero-order valence-electron chi connectivity index (χ0n) is 38.4. The van der Waals surface area contributed by atoms with Crippen LogP contribution in [0, 0.1) is 17.8 Å². The zero-order valence-corrected chi connectivity index (χ0v) is 38.4. The molecule has 4 aromatic rings. The number of aromatic nitrogens is 1. The number of carboxylic acid groups (broad SMARTS) is 6. The maximum absolute atomic E-state index is 10.6. The van der Waals surface area contributed by atoms with Gasteiger partial charge < -0.3 is 75.1 Å². The first-order valence-electron chi connectivity index (χ1n) is 20.9. The van der Waals surface area contributed by atoms with E-state index in [1.807, 2.05) is 88.5 Å². The summed E-state index contributed by atoms with van der Waals surface area (Å²) >= 11 is 0. The Kier molecular flexibility index (Phi) is 30.9. The Morgan fingerprint density at radius 2 is 0.924 bits per heavy atom. The van der Waals surface area contributed by atoms with Gasteiger partial charge in [0, 0.05) is 23.5 Å². The molecule has 0 aliphatic heterocycles. The first-order valence-corrected chi connectivity index (χ1v) is 20.9. The van der Waals surface area contributed by atoms with Gasteiger partial charge in [-0.2, -0.15) is 0 Å². The van der Waals surface area contributed by atoms with E-state index in [1.54, 1.807) is 26.0 Å². The molecule has 20 N–H and O–H groups in total. The fraction of sp³-hybridized carbons (Fsp3) is 0.435. The molecule has 0 aliphatic rings. The smallest absolute Gasteiger partial charge is 0.320 e. The summed E-state index contributed by atoms with van der Waals surface area (Å²) in [5.74, 6) is -5.10.